The second kappa shape index (κ2) is 12.0. The monoisotopic (exact) mass is 424 g/mol. The van der Waals surface area contributed by atoms with Crippen molar-refractivity contribution in [1.29, 1.82) is 0 Å². The van der Waals surface area contributed by atoms with Crippen LogP contribution >= 0.6 is 24.0 Å². The van der Waals surface area contributed by atoms with Gasteiger partial charge in [-0.1, -0.05) is 33.6 Å². The molecule has 5 nitrogen and oxygen atoms in total. The van der Waals surface area contributed by atoms with Crippen LogP contribution in [0.15, 0.2) is 4.99 Å². The fourth-order valence-corrected chi connectivity index (χ4v) is 3.14. The first-order valence-corrected chi connectivity index (χ1v) is 8.38. The maximum Gasteiger partial charge on any atom is 0.239 e. The number of carbonyl (C=O) groups excluding carboxylic acids is 1. The lowest BCUT2D eigenvalue weighted by Gasteiger charge is -2.24. The third-order valence-electron chi connectivity index (χ3n) is 4.43. The Labute approximate surface area is 152 Å². The van der Waals surface area contributed by atoms with Crippen molar-refractivity contribution in [3.8, 4) is 0 Å². The van der Waals surface area contributed by atoms with E-state index in [0.717, 1.165) is 43.9 Å². The number of carbonyl (C=O) groups is 1. The van der Waals surface area contributed by atoms with E-state index in [1.807, 2.05) is 0 Å². The van der Waals surface area contributed by atoms with Crippen molar-refractivity contribution in [3.05, 3.63) is 0 Å². The Balaban J connectivity index is 0.00000441. The highest BCUT2D eigenvalue weighted by molar-refractivity contribution is 14.0. The summed E-state index contributed by atoms with van der Waals surface area (Å²) in [6.07, 6.45) is 4.69. The van der Waals surface area contributed by atoms with Gasteiger partial charge in [-0.05, 0) is 24.7 Å². The van der Waals surface area contributed by atoms with Gasteiger partial charge in [0.25, 0.3) is 0 Å². The van der Waals surface area contributed by atoms with Crippen molar-refractivity contribution in [3.63, 3.8) is 0 Å². The largest absolute Gasteiger partial charge is 0.355 e. The zero-order chi connectivity index (χ0) is 15.7. The molecule has 1 saturated heterocycles. The summed E-state index contributed by atoms with van der Waals surface area (Å²) in [4.78, 5) is 18.3. The van der Waals surface area contributed by atoms with Crippen LogP contribution in [0.1, 0.15) is 46.5 Å². The number of nitrogens with one attached hydrogen (secondary N) is 2. The van der Waals surface area contributed by atoms with Crippen LogP contribution in [0.5, 0.6) is 0 Å². The van der Waals surface area contributed by atoms with E-state index in [0.29, 0.717) is 6.54 Å². The lowest BCUT2D eigenvalue weighted by molar-refractivity contribution is -0.120. The van der Waals surface area contributed by atoms with Crippen LogP contribution in [0.25, 0.3) is 0 Å². The first kappa shape index (κ1) is 21.5. The number of hydrogen-bond acceptors (Lipinski definition) is 2. The Hall–Kier alpha value is -0.530. The topological polar surface area (TPSA) is 56.7 Å². The SMILES string of the molecule is CCCNC(=O)CNC(=NC)N1CCC(C(CC)CC)C1.I. The van der Waals surface area contributed by atoms with Gasteiger partial charge in [0, 0.05) is 26.7 Å². The van der Waals surface area contributed by atoms with Gasteiger partial charge in [-0.15, -0.1) is 24.0 Å². The highest BCUT2D eigenvalue weighted by Gasteiger charge is 2.29. The fraction of sp³-hybridized carbons (Fsp3) is 0.875. The van der Waals surface area contributed by atoms with Crippen LogP contribution in [0.3, 0.4) is 0 Å². The lowest BCUT2D eigenvalue weighted by atomic mass is 9.87. The summed E-state index contributed by atoms with van der Waals surface area (Å²) in [6.45, 7) is 9.75. The Morgan fingerprint density at radius 1 is 1.27 bits per heavy atom. The smallest absolute Gasteiger partial charge is 0.239 e. The number of halogens is 1. The van der Waals surface area contributed by atoms with Crippen molar-refractivity contribution < 1.29 is 4.79 Å². The summed E-state index contributed by atoms with van der Waals surface area (Å²) in [6, 6.07) is 0. The molecular formula is C16H33IN4O. The number of rotatable bonds is 7. The van der Waals surface area contributed by atoms with Gasteiger partial charge in [-0.3, -0.25) is 9.79 Å². The number of aliphatic imine (C=N–C) groups is 1. The van der Waals surface area contributed by atoms with E-state index in [9.17, 15) is 4.79 Å². The molecule has 1 aliphatic rings. The van der Waals surface area contributed by atoms with Gasteiger partial charge < -0.3 is 15.5 Å². The van der Waals surface area contributed by atoms with Crippen LogP contribution in [0.2, 0.25) is 0 Å². The summed E-state index contributed by atoms with van der Waals surface area (Å²) < 4.78 is 0. The molecule has 1 fully saturated rings. The van der Waals surface area contributed by atoms with Gasteiger partial charge in [0.1, 0.15) is 0 Å². The van der Waals surface area contributed by atoms with Crippen LogP contribution in [-0.2, 0) is 4.79 Å². The second-order valence-corrected chi connectivity index (χ2v) is 5.82. The van der Waals surface area contributed by atoms with Crippen LogP contribution in [-0.4, -0.2) is 50.0 Å². The van der Waals surface area contributed by atoms with Gasteiger partial charge in [0.05, 0.1) is 6.54 Å². The maximum atomic E-state index is 11.7. The molecule has 130 valence electrons. The summed E-state index contributed by atoms with van der Waals surface area (Å²) in [5.41, 5.74) is 0. The average Bonchev–Trinajstić information content (AvgIpc) is 2.96. The molecule has 1 rings (SSSR count). The zero-order valence-corrected chi connectivity index (χ0v) is 16.9. The molecule has 1 heterocycles. The highest BCUT2D eigenvalue weighted by atomic mass is 127. The lowest BCUT2D eigenvalue weighted by Crippen LogP contribution is -2.45. The van der Waals surface area contributed by atoms with Crippen LogP contribution in [0, 0.1) is 11.8 Å². The predicted molar refractivity (Wildman–Crippen MR) is 104 cm³/mol. The Morgan fingerprint density at radius 2 is 1.95 bits per heavy atom. The standard InChI is InChI=1S/C16H32N4O.HI/c1-5-9-18-15(21)11-19-16(17-4)20-10-8-14(12-20)13(6-2)7-3;/h13-14H,5-12H2,1-4H3,(H,17,19)(H,18,21);1H. The first-order chi connectivity index (χ1) is 10.2. The quantitative estimate of drug-likeness (QED) is 0.375. The minimum Gasteiger partial charge on any atom is -0.355 e. The van der Waals surface area contributed by atoms with Crippen molar-refractivity contribution in [2.75, 3.05) is 33.2 Å². The third-order valence-corrected chi connectivity index (χ3v) is 4.43. The summed E-state index contributed by atoms with van der Waals surface area (Å²) in [5, 5.41) is 6.05. The van der Waals surface area contributed by atoms with E-state index in [4.69, 9.17) is 0 Å². The van der Waals surface area contributed by atoms with Crippen molar-refractivity contribution in [2.45, 2.75) is 46.5 Å². The molecule has 0 aromatic heterocycles. The van der Waals surface area contributed by atoms with E-state index in [1.54, 1.807) is 7.05 Å². The van der Waals surface area contributed by atoms with E-state index in [1.165, 1.54) is 19.3 Å². The average molecular weight is 424 g/mol. The van der Waals surface area contributed by atoms with E-state index in [-0.39, 0.29) is 29.9 Å². The Morgan fingerprint density at radius 3 is 2.50 bits per heavy atom. The van der Waals surface area contributed by atoms with Gasteiger partial charge in [0.2, 0.25) is 5.91 Å². The molecule has 0 saturated carbocycles. The highest BCUT2D eigenvalue weighted by Crippen LogP contribution is 2.28. The predicted octanol–water partition coefficient (Wildman–Crippen LogP) is 2.46. The van der Waals surface area contributed by atoms with Gasteiger partial charge >= 0.3 is 0 Å². The molecular weight excluding hydrogens is 391 g/mol. The molecule has 1 atom stereocenters. The third kappa shape index (κ3) is 6.71. The van der Waals surface area contributed by atoms with Gasteiger partial charge in [-0.2, -0.15) is 0 Å². The number of amides is 1. The maximum absolute atomic E-state index is 11.7. The van der Waals surface area contributed by atoms with E-state index >= 15 is 0 Å². The number of nitrogens with zero attached hydrogens (tertiary/aromatic N) is 2. The van der Waals surface area contributed by atoms with Gasteiger partial charge in [-0.25, -0.2) is 0 Å². The summed E-state index contributed by atoms with van der Waals surface area (Å²) in [7, 11) is 1.79. The van der Waals surface area contributed by atoms with E-state index in [2.05, 4.69) is 41.3 Å². The number of guanidine groups is 1. The zero-order valence-electron chi connectivity index (χ0n) is 14.5. The molecule has 0 bridgehead atoms. The number of hydrogen-bond donors (Lipinski definition) is 2. The molecule has 1 amide bonds. The molecule has 0 aromatic rings. The molecule has 6 heteroatoms. The molecule has 0 radical (unpaired) electrons. The minimum absolute atomic E-state index is 0. The van der Waals surface area contributed by atoms with Crippen molar-refractivity contribution in [2.24, 2.45) is 16.8 Å². The first-order valence-electron chi connectivity index (χ1n) is 8.38. The molecule has 0 spiro atoms. The van der Waals surface area contributed by atoms with E-state index < -0.39 is 0 Å². The molecule has 0 aromatic carbocycles. The molecule has 2 N–H and O–H groups in total. The number of likely N-dealkylation sites (tertiary alicyclic amines) is 1. The molecule has 0 aliphatic carbocycles. The molecule has 22 heavy (non-hydrogen) atoms. The normalized spacial score (nSPS) is 18.3. The molecule has 1 unspecified atom stereocenters. The Bertz CT molecular complexity index is 345. The fourth-order valence-electron chi connectivity index (χ4n) is 3.14. The summed E-state index contributed by atoms with van der Waals surface area (Å²) in [5.74, 6) is 2.46. The van der Waals surface area contributed by atoms with Gasteiger partial charge in [0.15, 0.2) is 5.96 Å². The molecule has 1 aliphatic heterocycles. The van der Waals surface area contributed by atoms with Crippen molar-refractivity contribution in [1.82, 2.24) is 15.5 Å². The summed E-state index contributed by atoms with van der Waals surface area (Å²) >= 11 is 0. The van der Waals surface area contributed by atoms with Crippen LogP contribution in [0.4, 0.5) is 0 Å². The van der Waals surface area contributed by atoms with Crippen molar-refractivity contribution >= 4 is 35.8 Å². The van der Waals surface area contributed by atoms with Crippen LogP contribution < -0.4 is 10.6 Å². The Kier molecular flexibility index (Phi) is 11.7. The minimum atomic E-state index is 0. The second-order valence-electron chi connectivity index (χ2n) is 5.82.